The van der Waals surface area contributed by atoms with Crippen molar-refractivity contribution in [1.29, 1.82) is 0 Å². The molecule has 1 aliphatic rings. The Labute approximate surface area is 106 Å². The highest BCUT2D eigenvalue weighted by Gasteiger charge is 2.27. The third kappa shape index (κ3) is 5.07. The highest BCUT2D eigenvalue weighted by molar-refractivity contribution is 5.76. The molecule has 1 rings (SSSR count). The Balaban J connectivity index is 2.28. The summed E-state index contributed by atoms with van der Waals surface area (Å²) in [5.41, 5.74) is 6.36. The lowest BCUT2D eigenvalue weighted by atomic mass is 9.75. The maximum atomic E-state index is 11.8. The number of carbonyl (C=O) groups is 1. The first-order chi connectivity index (χ1) is 7.80. The molecule has 0 aromatic heterocycles. The Morgan fingerprint density at radius 3 is 2.35 bits per heavy atom. The molecule has 100 valence electrons. The van der Waals surface area contributed by atoms with E-state index in [0.717, 1.165) is 12.8 Å². The molecule has 1 saturated carbocycles. The molecule has 0 radical (unpaired) electrons. The lowest BCUT2D eigenvalue weighted by Gasteiger charge is -2.34. The second-order valence-electron chi connectivity index (χ2n) is 6.62. The van der Waals surface area contributed by atoms with Gasteiger partial charge in [-0.15, -0.1) is 0 Å². The summed E-state index contributed by atoms with van der Waals surface area (Å²) in [7, 11) is 0. The van der Waals surface area contributed by atoms with Crippen LogP contribution in [0.2, 0.25) is 0 Å². The topological polar surface area (TPSA) is 55.1 Å². The zero-order chi connectivity index (χ0) is 13.1. The molecule has 1 unspecified atom stereocenters. The quantitative estimate of drug-likeness (QED) is 0.793. The predicted molar refractivity (Wildman–Crippen MR) is 71.6 cm³/mol. The first-order valence-electron chi connectivity index (χ1n) is 6.85. The van der Waals surface area contributed by atoms with Gasteiger partial charge in [0.1, 0.15) is 0 Å². The molecule has 17 heavy (non-hydrogen) atoms. The van der Waals surface area contributed by atoms with E-state index in [4.69, 9.17) is 5.73 Å². The minimum atomic E-state index is -0.0185. The van der Waals surface area contributed by atoms with Crippen LogP contribution in [0.5, 0.6) is 0 Å². The summed E-state index contributed by atoms with van der Waals surface area (Å²) in [5.74, 6) is 0.488. The Morgan fingerprint density at radius 2 is 1.88 bits per heavy atom. The fourth-order valence-electron chi connectivity index (χ4n) is 2.28. The summed E-state index contributed by atoms with van der Waals surface area (Å²) in [6.45, 7) is 8.72. The van der Waals surface area contributed by atoms with Crippen LogP contribution in [0.15, 0.2) is 0 Å². The van der Waals surface area contributed by atoms with Crippen LogP contribution in [-0.4, -0.2) is 18.0 Å². The first kappa shape index (κ1) is 14.5. The number of nitrogens with two attached hydrogens (primary N) is 1. The molecule has 3 nitrogen and oxygen atoms in total. The summed E-state index contributed by atoms with van der Waals surface area (Å²) in [6, 6.07) is 0.352. The number of hydrogen-bond acceptors (Lipinski definition) is 2. The van der Waals surface area contributed by atoms with Crippen LogP contribution in [0.25, 0.3) is 0 Å². The van der Waals surface area contributed by atoms with Crippen molar-refractivity contribution in [3.8, 4) is 0 Å². The zero-order valence-electron chi connectivity index (χ0n) is 11.8. The highest BCUT2D eigenvalue weighted by Crippen LogP contribution is 2.34. The van der Waals surface area contributed by atoms with Gasteiger partial charge < -0.3 is 11.1 Å². The molecule has 0 heterocycles. The Hall–Kier alpha value is -0.570. The van der Waals surface area contributed by atoms with Gasteiger partial charge in [0.25, 0.3) is 0 Å². The van der Waals surface area contributed by atoms with Crippen LogP contribution >= 0.6 is 0 Å². The Bertz CT molecular complexity index is 251. The van der Waals surface area contributed by atoms with Gasteiger partial charge in [-0.1, -0.05) is 27.7 Å². The van der Waals surface area contributed by atoms with E-state index in [9.17, 15) is 4.79 Å². The van der Waals surface area contributed by atoms with Gasteiger partial charge in [-0.3, -0.25) is 4.79 Å². The monoisotopic (exact) mass is 240 g/mol. The minimum Gasteiger partial charge on any atom is -0.353 e. The average Bonchev–Trinajstić information content (AvgIpc) is 2.21. The molecule has 0 saturated heterocycles. The van der Waals surface area contributed by atoms with Gasteiger partial charge in [-0.2, -0.15) is 0 Å². The third-order valence-corrected chi connectivity index (χ3v) is 3.98. The lowest BCUT2D eigenvalue weighted by Crippen LogP contribution is -2.42. The fourth-order valence-corrected chi connectivity index (χ4v) is 2.28. The van der Waals surface area contributed by atoms with E-state index in [2.05, 4.69) is 33.0 Å². The number of hydrogen-bond donors (Lipinski definition) is 2. The van der Waals surface area contributed by atoms with E-state index < -0.39 is 0 Å². The van der Waals surface area contributed by atoms with Crippen molar-refractivity contribution in [2.45, 2.75) is 71.9 Å². The van der Waals surface area contributed by atoms with Crippen LogP contribution in [0.3, 0.4) is 0 Å². The maximum Gasteiger partial charge on any atom is 0.221 e. The van der Waals surface area contributed by atoms with Gasteiger partial charge in [0, 0.05) is 18.5 Å². The van der Waals surface area contributed by atoms with Gasteiger partial charge >= 0.3 is 0 Å². The van der Waals surface area contributed by atoms with Crippen molar-refractivity contribution in [1.82, 2.24) is 5.32 Å². The minimum absolute atomic E-state index is 0.0185. The zero-order valence-corrected chi connectivity index (χ0v) is 11.8. The van der Waals surface area contributed by atoms with Crippen molar-refractivity contribution in [2.24, 2.45) is 17.1 Å². The van der Waals surface area contributed by atoms with Crippen LogP contribution in [0.1, 0.15) is 59.8 Å². The highest BCUT2D eigenvalue weighted by atomic mass is 16.1. The standard InChI is InChI=1S/C14H28N2O/c1-10(2)12(15)9-13(17)16-11-5-7-14(3,4)8-6-11/h10-12H,5-9,15H2,1-4H3,(H,16,17). The molecule has 1 atom stereocenters. The molecule has 0 bridgehead atoms. The summed E-state index contributed by atoms with van der Waals surface area (Å²) < 4.78 is 0. The van der Waals surface area contributed by atoms with E-state index in [-0.39, 0.29) is 11.9 Å². The second kappa shape index (κ2) is 5.85. The van der Waals surface area contributed by atoms with Gasteiger partial charge in [0.15, 0.2) is 0 Å². The van der Waals surface area contributed by atoms with Crippen LogP contribution in [0.4, 0.5) is 0 Å². The van der Waals surface area contributed by atoms with Gasteiger partial charge in [0.2, 0.25) is 5.91 Å². The van der Waals surface area contributed by atoms with E-state index in [1.807, 2.05) is 0 Å². The largest absolute Gasteiger partial charge is 0.353 e. The molecule has 1 fully saturated rings. The summed E-state index contributed by atoms with van der Waals surface area (Å²) in [4.78, 5) is 11.8. The van der Waals surface area contributed by atoms with E-state index in [1.54, 1.807) is 0 Å². The first-order valence-corrected chi connectivity index (χ1v) is 6.85. The summed E-state index contributed by atoms with van der Waals surface area (Å²) >= 11 is 0. The van der Waals surface area contributed by atoms with Gasteiger partial charge in [0.05, 0.1) is 0 Å². The van der Waals surface area contributed by atoms with Crippen LogP contribution < -0.4 is 11.1 Å². The van der Waals surface area contributed by atoms with E-state index in [0.29, 0.717) is 23.8 Å². The maximum absolute atomic E-state index is 11.8. The molecular formula is C14H28N2O. The molecule has 1 amide bonds. The summed E-state index contributed by atoms with van der Waals surface area (Å²) in [5, 5.41) is 3.12. The molecule has 0 aromatic carbocycles. The molecule has 0 spiro atoms. The normalized spacial score (nSPS) is 22.5. The fraction of sp³-hybridized carbons (Fsp3) is 0.929. The third-order valence-electron chi connectivity index (χ3n) is 3.98. The summed E-state index contributed by atoms with van der Waals surface area (Å²) in [6.07, 6.45) is 5.07. The van der Waals surface area contributed by atoms with Crippen molar-refractivity contribution < 1.29 is 4.79 Å². The molecular weight excluding hydrogens is 212 g/mol. The smallest absolute Gasteiger partial charge is 0.221 e. The number of amides is 1. The number of carbonyl (C=O) groups excluding carboxylic acids is 1. The Morgan fingerprint density at radius 1 is 1.35 bits per heavy atom. The van der Waals surface area contributed by atoms with Crippen LogP contribution in [-0.2, 0) is 4.79 Å². The molecule has 3 heteroatoms. The SMILES string of the molecule is CC(C)C(N)CC(=O)NC1CCC(C)(C)CC1. The van der Waals surface area contributed by atoms with Crippen molar-refractivity contribution >= 4 is 5.91 Å². The average molecular weight is 240 g/mol. The Kier molecular flexibility index (Phi) is 4.99. The molecule has 1 aliphatic carbocycles. The number of rotatable bonds is 4. The number of nitrogens with one attached hydrogen (secondary N) is 1. The van der Waals surface area contributed by atoms with E-state index in [1.165, 1.54) is 12.8 Å². The van der Waals surface area contributed by atoms with Crippen molar-refractivity contribution in [3.63, 3.8) is 0 Å². The van der Waals surface area contributed by atoms with Gasteiger partial charge in [-0.25, -0.2) is 0 Å². The molecule has 0 aromatic rings. The van der Waals surface area contributed by atoms with Crippen LogP contribution in [0, 0.1) is 11.3 Å². The predicted octanol–water partition coefficient (Wildman–Crippen LogP) is 2.44. The van der Waals surface area contributed by atoms with E-state index >= 15 is 0 Å². The molecule has 0 aliphatic heterocycles. The molecule has 3 N–H and O–H groups in total. The van der Waals surface area contributed by atoms with Crippen molar-refractivity contribution in [3.05, 3.63) is 0 Å². The van der Waals surface area contributed by atoms with Crippen molar-refractivity contribution in [2.75, 3.05) is 0 Å². The second-order valence-corrected chi connectivity index (χ2v) is 6.62. The lowest BCUT2D eigenvalue weighted by molar-refractivity contribution is -0.122. The van der Waals surface area contributed by atoms with Gasteiger partial charge in [-0.05, 0) is 37.0 Å².